The van der Waals surface area contributed by atoms with Gasteiger partial charge in [0, 0.05) is 13.2 Å². The lowest BCUT2D eigenvalue weighted by Crippen LogP contribution is -2.44. The predicted molar refractivity (Wildman–Crippen MR) is 77.2 cm³/mol. The second-order valence-corrected chi connectivity index (χ2v) is 5.75. The average Bonchev–Trinajstić information content (AvgIpc) is 2.49. The minimum Gasteiger partial charge on any atom is -0.486 e. The normalized spacial score (nSPS) is 23.8. The molecule has 0 amide bonds. The Morgan fingerprint density at radius 2 is 1.90 bits per heavy atom. The Bertz CT molecular complexity index is 429. The van der Waals surface area contributed by atoms with Crippen LogP contribution in [0, 0.1) is 5.92 Å². The van der Waals surface area contributed by atoms with Crippen LogP contribution in [0.3, 0.4) is 0 Å². The maximum atomic E-state index is 8.99. The molecule has 110 valence electrons. The van der Waals surface area contributed by atoms with Crippen molar-refractivity contribution >= 4 is 0 Å². The second-order valence-electron chi connectivity index (χ2n) is 5.75. The topological polar surface area (TPSA) is 41.9 Å². The van der Waals surface area contributed by atoms with Crippen molar-refractivity contribution in [3.05, 3.63) is 24.3 Å². The van der Waals surface area contributed by atoms with Gasteiger partial charge in [0.15, 0.2) is 11.5 Å². The van der Waals surface area contributed by atoms with E-state index in [4.69, 9.17) is 14.6 Å². The van der Waals surface area contributed by atoms with E-state index < -0.39 is 0 Å². The molecule has 20 heavy (non-hydrogen) atoms. The summed E-state index contributed by atoms with van der Waals surface area (Å²) in [5.41, 5.74) is 0. The first-order valence-corrected chi connectivity index (χ1v) is 7.57. The summed E-state index contributed by atoms with van der Waals surface area (Å²) in [5.74, 6) is 2.41. The van der Waals surface area contributed by atoms with E-state index in [-0.39, 0.29) is 6.10 Å². The molecule has 4 nitrogen and oxygen atoms in total. The Morgan fingerprint density at radius 1 is 1.15 bits per heavy atom. The van der Waals surface area contributed by atoms with E-state index in [0.29, 0.717) is 19.1 Å². The zero-order valence-corrected chi connectivity index (χ0v) is 11.8. The van der Waals surface area contributed by atoms with Gasteiger partial charge in [-0.05, 0) is 50.4 Å². The summed E-state index contributed by atoms with van der Waals surface area (Å²) in [6.45, 7) is 4.09. The van der Waals surface area contributed by atoms with Crippen molar-refractivity contribution in [2.45, 2.75) is 25.4 Å². The largest absolute Gasteiger partial charge is 0.486 e. The van der Waals surface area contributed by atoms with Crippen LogP contribution in [0.25, 0.3) is 0 Å². The molecule has 3 rings (SSSR count). The lowest BCUT2D eigenvalue weighted by atomic mass is 9.94. The summed E-state index contributed by atoms with van der Waals surface area (Å²) < 4.78 is 11.8. The number of rotatable bonds is 4. The summed E-state index contributed by atoms with van der Waals surface area (Å²) in [6.07, 6.45) is 3.44. The van der Waals surface area contributed by atoms with Gasteiger partial charge < -0.3 is 14.6 Å². The molecule has 4 heteroatoms. The number of ether oxygens (including phenoxy) is 2. The Labute approximate surface area is 120 Å². The number of hydrogen-bond donors (Lipinski definition) is 1. The molecule has 0 spiro atoms. The smallest absolute Gasteiger partial charge is 0.161 e. The van der Waals surface area contributed by atoms with Crippen molar-refractivity contribution < 1.29 is 14.6 Å². The fourth-order valence-electron chi connectivity index (χ4n) is 3.08. The van der Waals surface area contributed by atoms with Crippen LogP contribution >= 0.6 is 0 Å². The lowest BCUT2D eigenvalue weighted by Gasteiger charge is -2.35. The molecule has 0 aromatic heterocycles. The second kappa shape index (κ2) is 6.46. The van der Waals surface area contributed by atoms with Gasteiger partial charge in [-0.1, -0.05) is 12.1 Å². The third-order valence-corrected chi connectivity index (χ3v) is 4.27. The summed E-state index contributed by atoms with van der Waals surface area (Å²) in [5, 5.41) is 8.99. The number of para-hydroxylation sites is 2. The van der Waals surface area contributed by atoms with Gasteiger partial charge in [-0.3, -0.25) is 4.90 Å². The molecule has 1 aromatic carbocycles. The van der Waals surface area contributed by atoms with Crippen LogP contribution in [0.5, 0.6) is 11.5 Å². The molecule has 0 bridgehead atoms. The van der Waals surface area contributed by atoms with Crippen LogP contribution in [0.2, 0.25) is 0 Å². The molecule has 0 radical (unpaired) electrons. The molecular formula is C16H23NO3. The number of aliphatic hydroxyl groups excluding tert-OH is 1. The third kappa shape index (κ3) is 3.25. The Hall–Kier alpha value is -1.26. The standard InChI is InChI=1S/C16H23NO3/c18-10-7-13-5-8-17(9-6-13)11-14-12-19-15-3-1-2-4-16(15)20-14/h1-4,13-14,18H,5-12H2/t14-/m0/s1. The highest BCUT2D eigenvalue weighted by Crippen LogP contribution is 2.31. The van der Waals surface area contributed by atoms with E-state index in [1.54, 1.807) is 0 Å². The highest BCUT2D eigenvalue weighted by molar-refractivity contribution is 5.40. The first-order chi connectivity index (χ1) is 9.85. The molecule has 1 N–H and O–H groups in total. The fraction of sp³-hybridized carbons (Fsp3) is 0.625. The fourth-order valence-corrected chi connectivity index (χ4v) is 3.08. The maximum Gasteiger partial charge on any atom is 0.161 e. The van der Waals surface area contributed by atoms with E-state index in [9.17, 15) is 0 Å². The zero-order valence-electron chi connectivity index (χ0n) is 11.8. The van der Waals surface area contributed by atoms with Gasteiger partial charge in [0.25, 0.3) is 0 Å². The van der Waals surface area contributed by atoms with E-state index >= 15 is 0 Å². The molecule has 2 heterocycles. The van der Waals surface area contributed by atoms with E-state index in [2.05, 4.69) is 4.90 Å². The molecule has 0 aliphatic carbocycles. The van der Waals surface area contributed by atoms with Crippen LogP contribution in [0.15, 0.2) is 24.3 Å². The van der Waals surface area contributed by atoms with Gasteiger partial charge in [0.1, 0.15) is 12.7 Å². The molecule has 1 atom stereocenters. The first-order valence-electron chi connectivity index (χ1n) is 7.57. The van der Waals surface area contributed by atoms with Crippen LogP contribution in [-0.2, 0) is 0 Å². The monoisotopic (exact) mass is 277 g/mol. The molecule has 1 saturated heterocycles. The van der Waals surface area contributed by atoms with Gasteiger partial charge >= 0.3 is 0 Å². The molecule has 2 aliphatic rings. The first kappa shape index (κ1) is 13.7. The highest BCUT2D eigenvalue weighted by Gasteiger charge is 2.25. The number of fused-ring (bicyclic) bond motifs is 1. The van der Waals surface area contributed by atoms with Crippen LogP contribution in [-0.4, -0.2) is 49.0 Å². The highest BCUT2D eigenvalue weighted by atomic mass is 16.6. The Balaban J connectivity index is 1.48. The Kier molecular flexibility index (Phi) is 4.43. The number of likely N-dealkylation sites (tertiary alicyclic amines) is 1. The summed E-state index contributed by atoms with van der Waals surface area (Å²) >= 11 is 0. The minimum atomic E-state index is 0.124. The summed E-state index contributed by atoms with van der Waals surface area (Å²) in [6, 6.07) is 7.86. The number of aliphatic hydroxyl groups is 1. The number of benzene rings is 1. The van der Waals surface area contributed by atoms with Crippen molar-refractivity contribution in [2.24, 2.45) is 5.92 Å². The molecule has 0 saturated carbocycles. The SMILES string of the molecule is OCCC1CCN(C[C@H]2COc3ccccc3O2)CC1. The van der Waals surface area contributed by atoms with Crippen molar-refractivity contribution in [2.75, 3.05) is 32.8 Å². The minimum absolute atomic E-state index is 0.124. The number of nitrogens with zero attached hydrogens (tertiary/aromatic N) is 1. The van der Waals surface area contributed by atoms with Crippen molar-refractivity contribution in [1.29, 1.82) is 0 Å². The molecule has 1 aromatic rings. The van der Waals surface area contributed by atoms with Crippen LogP contribution in [0.4, 0.5) is 0 Å². The van der Waals surface area contributed by atoms with Crippen LogP contribution in [0.1, 0.15) is 19.3 Å². The molecule has 2 aliphatic heterocycles. The zero-order chi connectivity index (χ0) is 13.8. The number of piperidine rings is 1. The van der Waals surface area contributed by atoms with Gasteiger partial charge in [0.2, 0.25) is 0 Å². The van der Waals surface area contributed by atoms with Crippen molar-refractivity contribution in [3.8, 4) is 11.5 Å². The predicted octanol–water partition coefficient (Wildman–Crippen LogP) is 1.92. The lowest BCUT2D eigenvalue weighted by molar-refractivity contribution is 0.0460. The average molecular weight is 277 g/mol. The molecular weight excluding hydrogens is 254 g/mol. The van der Waals surface area contributed by atoms with Gasteiger partial charge in [-0.15, -0.1) is 0 Å². The quantitative estimate of drug-likeness (QED) is 0.913. The van der Waals surface area contributed by atoms with Gasteiger partial charge in [-0.25, -0.2) is 0 Å². The van der Waals surface area contributed by atoms with E-state index in [1.165, 1.54) is 12.8 Å². The third-order valence-electron chi connectivity index (χ3n) is 4.27. The molecule has 1 fully saturated rings. The van der Waals surface area contributed by atoms with Crippen molar-refractivity contribution in [1.82, 2.24) is 4.90 Å². The number of hydrogen-bond acceptors (Lipinski definition) is 4. The summed E-state index contributed by atoms with van der Waals surface area (Å²) in [7, 11) is 0. The molecule has 0 unspecified atom stereocenters. The van der Waals surface area contributed by atoms with Crippen molar-refractivity contribution in [3.63, 3.8) is 0 Å². The van der Waals surface area contributed by atoms with Gasteiger partial charge in [-0.2, -0.15) is 0 Å². The Morgan fingerprint density at radius 3 is 2.65 bits per heavy atom. The summed E-state index contributed by atoms with van der Waals surface area (Å²) in [4.78, 5) is 2.45. The maximum absolute atomic E-state index is 8.99. The van der Waals surface area contributed by atoms with E-state index in [1.807, 2.05) is 24.3 Å². The van der Waals surface area contributed by atoms with E-state index in [0.717, 1.165) is 37.6 Å². The van der Waals surface area contributed by atoms with Crippen LogP contribution < -0.4 is 9.47 Å². The van der Waals surface area contributed by atoms with Gasteiger partial charge in [0.05, 0.1) is 0 Å².